The molecule has 0 spiro atoms. The molecule has 53 heavy (non-hydrogen) atoms. The molecule has 0 aliphatic rings. The third-order valence-electron chi connectivity index (χ3n) is 8.68. The van der Waals surface area contributed by atoms with Crippen molar-refractivity contribution in [2.24, 2.45) is 0 Å². The first-order valence-electron chi connectivity index (χ1n) is 17.8. The first kappa shape index (κ1) is 39.1. The van der Waals surface area contributed by atoms with Gasteiger partial charge in [-0.1, -0.05) is 74.5 Å². The topological polar surface area (TPSA) is 154 Å². The predicted molar refractivity (Wildman–Crippen MR) is 208 cm³/mol. The fraction of sp³-hybridized carbons (Fsp3) is 0.385. The molecule has 0 fully saturated rings. The number of amides is 4. The van der Waals surface area contributed by atoms with E-state index in [9.17, 15) is 14.4 Å². The molecule has 4 amide bonds. The third kappa shape index (κ3) is 13.1. The Balaban J connectivity index is 1.28. The van der Waals surface area contributed by atoms with Gasteiger partial charge in [-0.05, 0) is 49.7 Å². The monoisotopic (exact) mass is 756 g/mol. The van der Waals surface area contributed by atoms with Gasteiger partial charge in [0, 0.05) is 42.8 Å². The Hall–Kier alpha value is -5.08. The Bertz CT molecular complexity index is 1820. The summed E-state index contributed by atoms with van der Waals surface area (Å²) in [7, 11) is 1.70. The minimum absolute atomic E-state index is 0.143. The molecule has 2 aromatic carbocycles. The standard InChI is InChI=1S/C39H48N8O4S2/c1-27(2)37-44-33(24-52-37)22-47(3)38(49)46-35(17-16-32-20-40-25-42-32)36(48)43-30(18-28-10-6-4-7-11-28)14-15-31(19-29-12-8-5-9-13-29)45-39(50)51-23-34-21-41-26-53-34/h4-13,20-21,24-27,30-31,35H,14-19,22-23H2,1-3H3,(H,40,42)(H,43,48)(H,45,50)(H,46,49)/t30?,31-,35-/m0/s1. The van der Waals surface area contributed by atoms with Gasteiger partial charge in [-0.3, -0.25) is 9.78 Å². The summed E-state index contributed by atoms with van der Waals surface area (Å²) >= 11 is 3.01. The fourth-order valence-electron chi connectivity index (χ4n) is 5.83. The molecule has 3 heterocycles. The molecule has 0 saturated carbocycles. The SMILES string of the molecule is CC(C)c1nc(CN(C)C(=O)N[C@@H](CCc2c[nH]cn2)C(=O)NC(CC[C@@H](Cc2ccccc2)NC(=O)OCc2cncs2)Cc2ccccc2)cs1. The van der Waals surface area contributed by atoms with Crippen LogP contribution in [0.5, 0.6) is 0 Å². The highest BCUT2D eigenvalue weighted by Gasteiger charge is 2.26. The molecule has 0 aliphatic heterocycles. The van der Waals surface area contributed by atoms with Gasteiger partial charge < -0.3 is 30.6 Å². The minimum Gasteiger partial charge on any atom is -0.444 e. The maximum atomic E-state index is 14.1. The van der Waals surface area contributed by atoms with Gasteiger partial charge in [0.05, 0.1) is 39.7 Å². The van der Waals surface area contributed by atoms with Crippen molar-refractivity contribution in [3.05, 3.63) is 123 Å². The maximum Gasteiger partial charge on any atom is 0.407 e. The minimum atomic E-state index is -0.818. The zero-order chi connectivity index (χ0) is 37.4. The van der Waals surface area contributed by atoms with Crippen LogP contribution in [0.15, 0.2) is 90.3 Å². The number of imidazole rings is 1. The average Bonchev–Trinajstić information content (AvgIpc) is 3.96. The van der Waals surface area contributed by atoms with Crippen LogP contribution in [0, 0.1) is 0 Å². The van der Waals surface area contributed by atoms with Gasteiger partial charge in [0.25, 0.3) is 0 Å². The van der Waals surface area contributed by atoms with Crippen LogP contribution in [0.25, 0.3) is 0 Å². The van der Waals surface area contributed by atoms with Gasteiger partial charge in [-0.15, -0.1) is 22.7 Å². The van der Waals surface area contributed by atoms with Crippen LogP contribution in [-0.4, -0.2) is 68.0 Å². The lowest BCUT2D eigenvalue weighted by Gasteiger charge is -2.27. The molecule has 0 aliphatic carbocycles. The normalized spacial score (nSPS) is 12.8. The predicted octanol–water partition coefficient (Wildman–Crippen LogP) is 6.63. The Morgan fingerprint density at radius 1 is 0.868 bits per heavy atom. The lowest BCUT2D eigenvalue weighted by molar-refractivity contribution is -0.123. The van der Waals surface area contributed by atoms with Crippen LogP contribution < -0.4 is 16.0 Å². The number of alkyl carbamates (subject to hydrolysis) is 1. The number of hydrogen-bond acceptors (Lipinski definition) is 9. The van der Waals surface area contributed by atoms with Crippen molar-refractivity contribution in [3.63, 3.8) is 0 Å². The summed E-state index contributed by atoms with van der Waals surface area (Å²) in [5.74, 6) is 0.0229. The molecule has 5 aromatic rings. The molecule has 5 rings (SSSR count). The largest absolute Gasteiger partial charge is 0.444 e. The molecular formula is C39H48N8O4S2. The van der Waals surface area contributed by atoms with Crippen LogP contribution in [-0.2, 0) is 41.9 Å². The van der Waals surface area contributed by atoms with Gasteiger partial charge in [-0.2, -0.15) is 0 Å². The Morgan fingerprint density at radius 3 is 2.13 bits per heavy atom. The number of nitrogens with zero attached hydrogens (tertiary/aromatic N) is 4. The molecule has 280 valence electrons. The number of hydrogen-bond donors (Lipinski definition) is 4. The highest BCUT2D eigenvalue weighted by Crippen LogP contribution is 2.20. The van der Waals surface area contributed by atoms with E-state index in [1.807, 2.05) is 66.0 Å². The smallest absolute Gasteiger partial charge is 0.407 e. The first-order valence-corrected chi connectivity index (χ1v) is 19.6. The number of benzene rings is 2. The van der Waals surface area contributed by atoms with E-state index < -0.39 is 12.1 Å². The average molecular weight is 757 g/mol. The first-order chi connectivity index (χ1) is 25.7. The summed E-state index contributed by atoms with van der Waals surface area (Å²) in [4.78, 5) is 59.0. The lowest BCUT2D eigenvalue weighted by Crippen LogP contribution is -2.53. The highest BCUT2D eigenvalue weighted by molar-refractivity contribution is 7.09. The summed E-state index contributed by atoms with van der Waals surface area (Å²) in [6.45, 7) is 4.64. The van der Waals surface area contributed by atoms with E-state index in [2.05, 4.69) is 49.7 Å². The van der Waals surface area contributed by atoms with Gasteiger partial charge in [0.1, 0.15) is 12.6 Å². The second-order valence-corrected chi connectivity index (χ2v) is 15.2. The summed E-state index contributed by atoms with van der Waals surface area (Å²) in [6, 6.07) is 18.2. The van der Waals surface area contributed by atoms with Gasteiger partial charge in [0.15, 0.2) is 0 Å². The Kier molecular flexibility index (Phi) is 14.9. The summed E-state index contributed by atoms with van der Waals surface area (Å²) < 4.78 is 5.51. The fourth-order valence-corrected chi connectivity index (χ4v) is 7.17. The summed E-state index contributed by atoms with van der Waals surface area (Å²) in [5.41, 5.74) is 5.45. The van der Waals surface area contributed by atoms with Crippen molar-refractivity contribution in [1.82, 2.24) is 40.8 Å². The number of carbonyl (C=O) groups is 3. The van der Waals surface area contributed by atoms with Crippen molar-refractivity contribution in [2.75, 3.05) is 7.05 Å². The number of aromatic amines is 1. The second kappa shape index (κ2) is 20.2. The summed E-state index contributed by atoms with van der Waals surface area (Å²) in [5, 5.41) is 12.3. The van der Waals surface area contributed by atoms with Crippen LogP contribution in [0.2, 0.25) is 0 Å². The van der Waals surface area contributed by atoms with E-state index >= 15 is 0 Å². The van der Waals surface area contributed by atoms with E-state index in [-0.39, 0.29) is 30.6 Å². The number of thiazole rings is 2. The molecule has 14 heteroatoms. The molecule has 0 bridgehead atoms. The van der Waals surface area contributed by atoms with Crippen molar-refractivity contribution in [1.29, 1.82) is 0 Å². The number of nitrogens with one attached hydrogen (secondary N) is 4. The molecule has 3 atom stereocenters. The van der Waals surface area contributed by atoms with Gasteiger partial charge in [0.2, 0.25) is 5.91 Å². The van der Waals surface area contributed by atoms with Crippen molar-refractivity contribution < 1.29 is 19.1 Å². The molecule has 4 N–H and O–H groups in total. The van der Waals surface area contributed by atoms with Gasteiger partial charge in [-0.25, -0.2) is 19.6 Å². The van der Waals surface area contributed by atoms with Crippen LogP contribution in [0.3, 0.4) is 0 Å². The van der Waals surface area contributed by atoms with Crippen molar-refractivity contribution >= 4 is 40.7 Å². The molecular weight excluding hydrogens is 709 g/mol. The Labute approximate surface area is 318 Å². The molecule has 1 unspecified atom stereocenters. The van der Waals surface area contributed by atoms with E-state index in [0.717, 1.165) is 32.4 Å². The summed E-state index contributed by atoms with van der Waals surface area (Å²) in [6.07, 6.45) is 7.71. The van der Waals surface area contributed by atoms with E-state index in [0.29, 0.717) is 51.0 Å². The zero-order valence-electron chi connectivity index (χ0n) is 30.4. The van der Waals surface area contributed by atoms with Crippen molar-refractivity contribution in [2.45, 2.75) is 89.6 Å². The number of carbonyl (C=O) groups excluding carboxylic acids is 3. The van der Waals surface area contributed by atoms with Crippen LogP contribution >= 0.6 is 22.7 Å². The molecule has 3 aromatic heterocycles. The Morgan fingerprint density at radius 2 is 1.55 bits per heavy atom. The van der Waals surface area contributed by atoms with Crippen LogP contribution in [0.1, 0.15) is 71.4 Å². The number of H-pyrrole nitrogens is 1. The highest BCUT2D eigenvalue weighted by atomic mass is 32.1. The second-order valence-electron chi connectivity index (χ2n) is 13.3. The number of aromatic nitrogens is 4. The van der Waals surface area contributed by atoms with E-state index in [4.69, 9.17) is 4.74 Å². The van der Waals surface area contributed by atoms with E-state index in [1.54, 1.807) is 47.5 Å². The number of urea groups is 1. The number of rotatable bonds is 19. The molecule has 0 radical (unpaired) electrons. The molecule has 0 saturated heterocycles. The quantitative estimate of drug-likeness (QED) is 0.0738. The number of ether oxygens (including phenoxy) is 1. The maximum absolute atomic E-state index is 14.1. The third-order valence-corrected chi connectivity index (χ3v) is 10.6. The van der Waals surface area contributed by atoms with E-state index in [1.165, 1.54) is 11.3 Å². The molecule has 12 nitrogen and oxygen atoms in total. The van der Waals surface area contributed by atoms with Gasteiger partial charge >= 0.3 is 12.1 Å². The lowest BCUT2D eigenvalue weighted by atomic mass is 9.95. The van der Waals surface area contributed by atoms with Crippen molar-refractivity contribution in [3.8, 4) is 0 Å². The van der Waals surface area contributed by atoms with Crippen LogP contribution in [0.4, 0.5) is 9.59 Å². The number of aryl methyl sites for hydroxylation is 1. The zero-order valence-corrected chi connectivity index (χ0v) is 32.0.